The van der Waals surface area contributed by atoms with E-state index in [2.05, 4.69) is 32.6 Å². The Bertz CT molecular complexity index is 125. The summed E-state index contributed by atoms with van der Waals surface area (Å²) in [7, 11) is 0. The molecule has 0 aromatic carbocycles. The van der Waals surface area contributed by atoms with Crippen LogP contribution in [0.25, 0.3) is 0 Å². The van der Waals surface area contributed by atoms with Crippen LogP contribution < -0.4 is 5.73 Å². The molecular formula is C12H28N2. The van der Waals surface area contributed by atoms with Gasteiger partial charge in [0, 0.05) is 19.1 Å². The van der Waals surface area contributed by atoms with E-state index in [1.54, 1.807) is 0 Å². The van der Waals surface area contributed by atoms with Crippen LogP contribution in [0.4, 0.5) is 0 Å². The Morgan fingerprint density at radius 2 is 1.79 bits per heavy atom. The van der Waals surface area contributed by atoms with Crippen molar-refractivity contribution in [3.05, 3.63) is 0 Å². The number of rotatable bonds is 8. The summed E-state index contributed by atoms with van der Waals surface area (Å²) in [5.41, 5.74) is 6.04. The summed E-state index contributed by atoms with van der Waals surface area (Å²) in [5.74, 6) is 0.795. The van der Waals surface area contributed by atoms with Crippen molar-refractivity contribution in [3.8, 4) is 0 Å². The van der Waals surface area contributed by atoms with E-state index in [-0.39, 0.29) is 0 Å². The van der Waals surface area contributed by atoms with Gasteiger partial charge in [0.2, 0.25) is 0 Å². The smallest absolute Gasteiger partial charge is 0.0167 e. The van der Waals surface area contributed by atoms with Crippen LogP contribution >= 0.6 is 0 Å². The Labute approximate surface area is 89.9 Å². The van der Waals surface area contributed by atoms with Crippen LogP contribution in [0.5, 0.6) is 0 Å². The van der Waals surface area contributed by atoms with Crippen molar-refractivity contribution in [2.75, 3.05) is 19.6 Å². The van der Waals surface area contributed by atoms with Gasteiger partial charge in [-0.05, 0) is 18.9 Å². The fourth-order valence-electron chi connectivity index (χ4n) is 1.70. The highest BCUT2D eigenvalue weighted by Crippen LogP contribution is 2.05. The predicted octanol–water partition coefficient (Wildman–Crippen LogP) is 2.48. The molecule has 86 valence electrons. The summed E-state index contributed by atoms with van der Waals surface area (Å²) >= 11 is 0. The zero-order chi connectivity index (χ0) is 11.0. The summed E-state index contributed by atoms with van der Waals surface area (Å²) in [5, 5.41) is 0. The monoisotopic (exact) mass is 200 g/mol. The second-order valence-electron chi connectivity index (χ2n) is 4.41. The molecule has 2 heteroatoms. The Hall–Kier alpha value is -0.0800. The summed E-state index contributed by atoms with van der Waals surface area (Å²) in [6, 6.07) is 0.365. The van der Waals surface area contributed by atoms with Gasteiger partial charge < -0.3 is 10.6 Å². The largest absolute Gasteiger partial charge is 0.327 e. The van der Waals surface area contributed by atoms with E-state index in [9.17, 15) is 0 Å². The topological polar surface area (TPSA) is 29.3 Å². The highest BCUT2D eigenvalue weighted by molar-refractivity contribution is 4.68. The summed E-state index contributed by atoms with van der Waals surface area (Å²) < 4.78 is 0. The van der Waals surface area contributed by atoms with Gasteiger partial charge in [-0.2, -0.15) is 0 Å². The predicted molar refractivity (Wildman–Crippen MR) is 64.5 cm³/mol. The third-order valence-corrected chi connectivity index (χ3v) is 2.87. The van der Waals surface area contributed by atoms with Gasteiger partial charge in [0.15, 0.2) is 0 Å². The summed E-state index contributed by atoms with van der Waals surface area (Å²) in [6.45, 7) is 12.4. The lowest BCUT2D eigenvalue weighted by atomic mass is 10.1. The molecule has 0 aliphatic rings. The van der Waals surface area contributed by atoms with Crippen LogP contribution in [0.3, 0.4) is 0 Å². The van der Waals surface area contributed by atoms with Gasteiger partial charge in [0.1, 0.15) is 0 Å². The molecule has 14 heavy (non-hydrogen) atoms. The maximum Gasteiger partial charge on any atom is 0.0167 e. The minimum atomic E-state index is 0.365. The molecule has 0 fully saturated rings. The van der Waals surface area contributed by atoms with Crippen molar-refractivity contribution < 1.29 is 0 Å². The van der Waals surface area contributed by atoms with Crippen LogP contribution in [0.2, 0.25) is 0 Å². The standard InChI is InChI=1S/C12H28N2/c1-5-8-12(13)10-14(7-3)9-11(4)6-2/h11-12H,5-10,13H2,1-4H3. The average molecular weight is 200 g/mol. The molecule has 2 atom stereocenters. The van der Waals surface area contributed by atoms with E-state index in [1.165, 1.54) is 19.4 Å². The average Bonchev–Trinajstić information content (AvgIpc) is 2.16. The number of hydrogen-bond acceptors (Lipinski definition) is 2. The Balaban J connectivity index is 3.77. The molecule has 0 aliphatic heterocycles. The van der Waals surface area contributed by atoms with E-state index in [1.807, 2.05) is 0 Å². The Kier molecular flexibility index (Phi) is 8.20. The molecule has 0 heterocycles. The highest BCUT2D eigenvalue weighted by atomic mass is 15.1. The quantitative estimate of drug-likeness (QED) is 0.652. The minimum absolute atomic E-state index is 0.365. The van der Waals surface area contributed by atoms with Gasteiger partial charge in [-0.3, -0.25) is 0 Å². The molecule has 2 N–H and O–H groups in total. The van der Waals surface area contributed by atoms with Crippen molar-refractivity contribution in [2.45, 2.75) is 53.0 Å². The molecule has 0 saturated carbocycles. The molecule has 0 aromatic rings. The van der Waals surface area contributed by atoms with Crippen molar-refractivity contribution >= 4 is 0 Å². The third-order valence-electron chi connectivity index (χ3n) is 2.87. The van der Waals surface area contributed by atoms with Gasteiger partial charge >= 0.3 is 0 Å². The fraction of sp³-hybridized carbons (Fsp3) is 1.00. The summed E-state index contributed by atoms with van der Waals surface area (Å²) in [6.07, 6.45) is 3.61. The van der Waals surface area contributed by atoms with Crippen molar-refractivity contribution in [1.82, 2.24) is 4.90 Å². The van der Waals surface area contributed by atoms with Gasteiger partial charge in [0.25, 0.3) is 0 Å². The van der Waals surface area contributed by atoms with Gasteiger partial charge in [0.05, 0.1) is 0 Å². The molecule has 0 aliphatic carbocycles. The minimum Gasteiger partial charge on any atom is -0.327 e. The first-order chi connectivity index (χ1) is 6.63. The molecule has 2 unspecified atom stereocenters. The molecule has 0 bridgehead atoms. The molecule has 2 nitrogen and oxygen atoms in total. The second-order valence-corrected chi connectivity index (χ2v) is 4.41. The summed E-state index contributed by atoms with van der Waals surface area (Å²) in [4.78, 5) is 2.48. The number of nitrogens with zero attached hydrogens (tertiary/aromatic N) is 1. The van der Waals surface area contributed by atoms with Crippen molar-refractivity contribution in [1.29, 1.82) is 0 Å². The molecular weight excluding hydrogens is 172 g/mol. The number of hydrogen-bond donors (Lipinski definition) is 1. The maximum atomic E-state index is 6.04. The van der Waals surface area contributed by atoms with Crippen LogP contribution in [0.1, 0.15) is 47.0 Å². The lowest BCUT2D eigenvalue weighted by molar-refractivity contribution is 0.228. The number of likely N-dealkylation sites (N-methyl/N-ethyl adjacent to an activating group) is 1. The van der Waals surface area contributed by atoms with Crippen molar-refractivity contribution in [3.63, 3.8) is 0 Å². The first kappa shape index (κ1) is 13.9. The van der Waals surface area contributed by atoms with Gasteiger partial charge in [-0.15, -0.1) is 0 Å². The van der Waals surface area contributed by atoms with Crippen LogP contribution in [0.15, 0.2) is 0 Å². The van der Waals surface area contributed by atoms with E-state index < -0.39 is 0 Å². The molecule has 0 spiro atoms. The molecule has 0 radical (unpaired) electrons. The number of nitrogens with two attached hydrogens (primary N) is 1. The third kappa shape index (κ3) is 6.39. The Morgan fingerprint density at radius 3 is 2.21 bits per heavy atom. The van der Waals surface area contributed by atoms with Crippen molar-refractivity contribution in [2.24, 2.45) is 11.7 Å². The molecule has 0 aromatic heterocycles. The SMILES string of the molecule is CCCC(N)CN(CC)CC(C)CC. The molecule has 0 saturated heterocycles. The maximum absolute atomic E-state index is 6.04. The van der Waals surface area contributed by atoms with Crippen LogP contribution in [-0.2, 0) is 0 Å². The first-order valence-electron chi connectivity index (χ1n) is 6.11. The lowest BCUT2D eigenvalue weighted by Gasteiger charge is -2.26. The second kappa shape index (κ2) is 8.25. The normalized spacial score (nSPS) is 15.9. The van der Waals surface area contributed by atoms with Crippen LogP contribution in [-0.4, -0.2) is 30.6 Å². The van der Waals surface area contributed by atoms with E-state index in [0.29, 0.717) is 6.04 Å². The lowest BCUT2D eigenvalue weighted by Crippen LogP contribution is -2.39. The first-order valence-corrected chi connectivity index (χ1v) is 6.11. The van der Waals surface area contributed by atoms with Gasteiger partial charge in [-0.25, -0.2) is 0 Å². The zero-order valence-corrected chi connectivity index (χ0v) is 10.4. The highest BCUT2D eigenvalue weighted by Gasteiger charge is 2.10. The molecule has 0 rings (SSSR count). The fourth-order valence-corrected chi connectivity index (χ4v) is 1.70. The van der Waals surface area contributed by atoms with Crippen LogP contribution in [0, 0.1) is 5.92 Å². The zero-order valence-electron chi connectivity index (χ0n) is 10.4. The molecule has 0 amide bonds. The van der Waals surface area contributed by atoms with Gasteiger partial charge in [-0.1, -0.05) is 40.5 Å². The van der Waals surface area contributed by atoms with E-state index in [0.717, 1.165) is 25.4 Å². The van der Waals surface area contributed by atoms with E-state index >= 15 is 0 Å². The van der Waals surface area contributed by atoms with E-state index in [4.69, 9.17) is 5.73 Å². The Morgan fingerprint density at radius 1 is 1.14 bits per heavy atom.